The van der Waals surface area contributed by atoms with Crippen LogP contribution in [0.15, 0.2) is 24.4 Å². The number of amides is 2. The number of nitrogens with one attached hydrogen (secondary N) is 2. The molecule has 0 saturated carbocycles. The van der Waals surface area contributed by atoms with E-state index in [4.69, 9.17) is 9.47 Å². The molecule has 0 spiro atoms. The molecule has 0 bridgehead atoms. The van der Waals surface area contributed by atoms with Crippen molar-refractivity contribution in [3.63, 3.8) is 0 Å². The minimum atomic E-state index is -1.52. The van der Waals surface area contributed by atoms with Gasteiger partial charge in [0.1, 0.15) is 5.54 Å². The Balaban J connectivity index is 1.58. The van der Waals surface area contributed by atoms with Crippen LogP contribution in [0.4, 0.5) is 5.95 Å². The molecule has 162 valence electrons. The molecule has 0 aliphatic carbocycles. The first-order valence-electron chi connectivity index (χ1n) is 9.26. The summed E-state index contributed by atoms with van der Waals surface area (Å²) in [5, 5.41) is 32.7. The fourth-order valence-corrected chi connectivity index (χ4v) is 2.89. The molecule has 0 saturated heterocycles. The number of benzene rings is 1. The van der Waals surface area contributed by atoms with E-state index in [9.17, 15) is 24.9 Å². The summed E-state index contributed by atoms with van der Waals surface area (Å²) in [6.07, 6.45) is 1.28. The molecular formula is C19H24N4O7. The minimum Gasteiger partial charge on any atom is -0.454 e. The number of aliphatic hydroxyl groups is 3. The first-order chi connectivity index (χ1) is 14.4. The Labute approximate surface area is 172 Å². The summed E-state index contributed by atoms with van der Waals surface area (Å²) < 4.78 is 12.4. The van der Waals surface area contributed by atoms with Gasteiger partial charge in [-0.2, -0.15) is 0 Å². The van der Waals surface area contributed by atoms with Gasteiger partial charge in [0, 0.05) is 25.5 Å². The lowest BCUT2D eigenvalue weighted by atomic mass is 10.0. The first-order valence-corrected chi connectivity index (χ1v) is 9.26. The van der Waals surface area contributed by atoms with Crippen molar-refractivity contribution in [1.82, 2.24) is 14.9 Å². The van der Waals surface area contributed by atoms with E-state index < -0.39 is 37.2 Å². The second kappa shape index (κ2) is 9.11. The molecule has 2 amide bonds. The van der Waals surface area contributed by atoms with Crippen LogP contribution in [0.3, 0.4) is 0 Å². The highest BCUT2D eigenvalue weighted by molar-refractivity contribution is 5.92. The monoisotopic (exact) mass is 420 g/mol. The van der Waals surface area contributed by atoms with Gasteiger partial charge in [-0.05, 0) is 18.2 Å². The van der Waals surface area contributed by atoms with Gasteiger partial charge in [-0.1, -0.05) is 0 Å². The van der Waals surface area contributed by atoms with Crippen molar-refractivity contribution in [3.05, 3.63) is 24.4 Å². The molecule has 0 atom stereocenters. The van der Waals surface area contributed by atoms with Gasteiger partial charge >= 0.3 is 0 Å². The van der Waals surface area contributed by atoms with Gasteiger partial charge in [0.15, 0.2) is 11.5 Å². The van der Waals surface area contributed by atoms with Crippen molar-refractivity contribution in [1.29, 1.82) is 0 Å². The van der Waals surface area contributed by atoms with Crippen molar-refractivity contribution in [2.24, 2.45) is 7.05 Å². The molecule has 0 radical (unpaired) electrons. The number of carbonyl (C=O) groups excluding carboxylic acids is 2. The molecule has 1 aliphatic heterocycles. The largest absolute Gasteiger partial charge is 0.454 e. The number of rotatable bonds is 9. The number of aliphatic hydroxyl groups excluding tert-OH is 3. The van der Waals surface area contributed by atoms with Gasteiger partial charge in [0.2, 0.25) is 24.6 Å². The van der Waals surface area contributed by atoms with Crippen LogP contribution in [0.1, 0.15) is 12.8 Å². The third kappa shape index (κ3) is 4.53. The molecular weight excluding hydrogens is 396 g/mol. The molecule has 0 fully saturated rings. The highest BCUT2D eigenvalue weighted by Gasteiger charge is 2.30. The molecule has 11 heteroatoms. The summed E-state index contributed by atoms with van der Waals surface area (Å²) in [5.41, 5.74) is 0.0645. The summed E-state index contributed by atoms with van der Waals surface area (Å²) in [7, 11) is 1.74. The van der Waals surface area contributed by atoms with Crippen molar-refractivity contribution in [2.75, 3.05) is 31.9 Å². The van der Waals surface area contributed by atoms with E-state index in [2.05, 4.69) is 15.6 Å². The Kier molecular flexibility index (Phi) is 6.55. The average molecular weight is 420 g/mol. The Morgan fingerprint density at radius 3 is 2.47 bits per heavy atom. The molecule has 3 rings (SSSR count). The van der Waals surface area contributed by atoms with Gasteiger partial charge < -0.3 is 34.7 Å². The maximum atomic E-state index is 12.2. The molecule has 2 aromatic rings. The van der Waals surface area contributed by atoms with E-state index in [1.165, 1.54) is 0 Å². The Morgan fingerprint density at radius 2 is 1.77 bits per heavy atom. The number of carbonyl (C=O) groups is 2. The van der Waals surface area contributed by atoms with E-state index >= 15 is 0 Å². The van der Waals surface area contributed by atoms with Gasteiger partial charge in [-0.15, -0.1) is 0 Å². The number of nitrogens with zero attached hydrogens (tertiary/aromatic N) is 2. The predicted molar refractivity (Wildman–Crippen MR) is 105 cm³/mol. The van der Waals surface area contributed by atoms with Crippen LogP contribution in [0.2, 0.25) is 0 Å². The minimum absolute atomic E-state index is 0.142. The summed E-state index contributed by atoms with van der Waals surface area (Å²) in [6.45, 7) is -1.72. The fraction of sp³-hybridized carbons (Fsp3) is 0.421. The number of anilines is 1. The lowest BCUT2D eigenvalue weighted by molar-refractivity contribution is -0.127. The summed E-state index contributed by atoms with van der Waals surface area (Å²) in [4.78, 5) is 28.4. The lowest BCUT2D eigenvalue weighted by Gasteiger charge is -2.28. The molecule has 30 heavy (non-hydrogen) atoms. The maximum Gasteiger partial charge on any atom is 0.231 e. The second-order valence-electron chi connectivity index (χ2n) is 6.95. The normalized spacial score (nSPS) is 12.7. The lowest BCUT2D eigenvalue weighted by Crippen LogP contribution is -2.57. The highest BCUT2D eigenvalue weighted by atomic mass is 16.7. The molecule has 1 aliphatic rings. The van der Waals surface area contributed by atoms with Gasteiger partial charge in [-0.25, -0.2) is 4.98 Å². The van der Waals surface area contributed by atoms with E-state index in [0.717, 1.165) is 11.3 Å². The van der Waals surface area contributed by atoms with Crippen LogP contribution in [0.25, 0.3) is 11.3 Å². The number of hydrogen-bond donors (Lipinski definition) is 5. The van der Waals surface area contributed by atoms with Gasteiger partial charge in [0.05, 0.1) is 31.7 Å². The zero-order chi connectivity index (χ0) is 21.7. The standard InChI is InChI=1S/C19H24N4O7/c1-23-13(12-2-3-14-15(6-12)30-11-29-14)7-20-18(23)21-16(27)4-5-17(28)22-19(8-24,9-25)10-26/h2-3,6-7,24-26H,4-5,8-11H2,1H3,(H,22,28)(H,20,21,27). The number of aromatic nitrogens is 2. The molecule has 1 aromatic heterocycles. The fourth-order valence-electron chi connectivity index (χ4n) is 2.89. The maximum absolute atomic E-state index is 12.2. The smallest absolute Gasteiger partial charge is 0.231 e. The van der Waals surface area contributed by atoms with Crippen LogP contribution in [0.5, 0.6) is 11.5 Å². The molecule has 11 nitrogen and oxygen atoms in total. The molecule has 2 heterocycles. The topological polar surface area (TPSA) is 155 Å². The number of hydrogen-bond acceptors (Lipinski definition) is 8. The van der Waals surface area contributed by atoms with Crippen molar-refractivity contribution >= 4 is 17.8 Å². The zero-order valence-corrected chi connectivity index (χ0v) is 16.4. The highest BCUT2D eigenvalue weighted by Crippen LogP contribution is 2.36. The predicted octanol–water partition coefficient (Wildman–Crippen LogP) is -0.634. The Morgan fingerprint density at radius 1 is 1.10 bits per heavy atom. The quantitative estimate of drug-likeness (QED) is 0.359. The van der Waals surface area contributed by atoms with Crippen molar-refractivity contribution in [3.8, 4) is 22.8 Å². The second-order valence-corrected chi connectivity index (χ2v) is 6.95. The Hall–Kier alpha value is -3.15. The molecule has 0 unspecified atom stereocenters. The van der Waals surface area contributed by atoms with Crippen molar-refractivity contribution in [2.45, 2.75) is 18.4 Å². The number of fused-ring (bicyclic) bond motifs is 1. The average Bonchev–Trinajstić information content (AvgIpc) is 3.37. The number of ether oxygens (including phenoxy) is 2. The summed E-state index contributed by atoms with van der Waals surface area (Å²) in [6, 6.07) is 5.48. The van der Waals surface area contributed by atoms with Crippen molar-refractivity contribution < 1.29 is 34.4 Å². The number of imidazole rings is 1. The molecule has 1 aromatic carbocycles. The summed E-state index contributed by atoms with van der Waals surface area (Å²) in [5.74, 6) is 0.598. The van der Waals surface area contributed by atoms with Crippen LogP contribution >= 0.6 is 0 Å². The van der Waals surface area contributed by atoms with Crippen LogP contribution in [0, 0.1) is 0 Å². The third-order valence-electron chi connectivity index (χ3n) is 4.80. The van der Waals surface area contributed by atoms with E-state index in [-0.39, 0.29) is 19.6 Å². The zero-order valence-electron chi connectivity index (χ0n) is 16.4. The van der Waals surface area contributed by atoms with Crippen LogP contribution < -0.4 is 20.1 Å². The van der Waals surface area contributed by atoms with Crippen LogP contribution in [-0.2, 0) is 16.6 Å². The summed E-state index contributed by atoms with van der Waals surface area (Å²) >= 11 is 0. The van der Waals surface area contributed by atoms with Gasteiger partial charge in [-0.3, -0.25) is 14.9 Å². The molecule has 5 N–H and O–H groups in total. The van der Waals surface area contributed by atoms with Gasteiger partial charge in [0.25, 0.3) is 0 Å². The van der Waals surface area contributed by atoms with E-state index in [1.54, 1.807) is 23.9 Å². The van der Waals surface area contributed by atoms with E-state index in [0.29, 0.717) is 17.4 Å². The first kappa shape index (κ1) is 21.6. The Bertz CT molecular complexity index is 915. The van der Waals surface area contributed by atoms with E-state index in [1.807, 2.05) is 12.1 Å². The van der Waals surface area contributed by atoms with Crippen LogP contribution in [-0.4, -0.2) is 68.8 Å². The third-order valence-corrected chi connectivity index (χ3v) is 4.80. The SMILES string of the molecule is Cn1c(-c2ccc3c(c2)OCO3)cnc1NC(=O)CCC(=O)NC(CO)(CO)CO.